The molecule has 2 aromatic heterocycles. The first-order chi connectivity index (χ1) is 22.8. The number of ether oxygens (including phenoxy) is 9. The van der Waals surface area contributed by atoms with Crippen LogP contribution in [0.3, 0.4) is 0 Å². The summed E-state index contributed by atoms with van der Waals surface area (Å²) >= 11 is 0. The smallest absolute Gasteiger partial charge is 0.194 e. The van der Waals surface area contributed by atoms with Crippen LogP contribution in [0.1, 0.15) is 11.4 Å². The number of hydrogen-bond acceptors (Lipinski definition) is 16. The maximum atomic E-state index is 5.70. The number of anilines is 1. The van der Waals surface area contributed by atoms with Gasteiger partial charge in [0.2, 0.25) is 0 Å². The Balaban J connectivity index is 1.07. The van der Waals surface area contributed by atoms with Crippen LogP contribution in [-0.2, 0) is 37.9 Å². The van der Waals surface area contributed by atoms with Gasteiger partial charge in [0.1, 0.15) is 23.7 Å². The normalized spacial score (nSPS) is 12.7. The van der Waals surface area contributed by atoms with Crippen molar-refractivity contribution in [2.75, 3.05) is 125 Å². The van der Waals surface area contributed by atoms with Gasteiger partial charge in [-0.25, -0.2) is 4.98 Å². The summed E-state index contributed by atoms with van der Waals surface area (Å²) in [5.74, 6) is 1.61. The lowest BCUT2D eigenvalue weighted by Gasteiger charge is -2.16. The van der Waals surface area contributed by atoms with E-state index >= 15 is 0 Å². The summed E-state index contributed by atoms with van der Waals surface area (Å²) in [5.41, 5.74) is 7.94. The van der Waals surface area contributed by atoms with Crippen LogP contribution in [0.25, 0.3) is 0 Å². The van der Waals surface area contributed by atoms with Crippen molar-refractivity contribution in [2.45, 2.75) is 0 Å². The van der Waals surface area contributed by atoms with Crippen molar-refractivity contribution in [1.82, 2.24) is 20.8 Å². The third-order valence-corrected chi connectivity index (χ3v) is 5.99. The SMILES string of the molecule is CNc1cccnc1C1=NNC(c2ccc(OCCOCCOCCOCCOCCOCCOCCOCCOC)cn2)=NN1. The van der Waals surface area contributed by atoms with Crippen LogP contribution >= 0.6 is 0 Å². The zero-order chi connectivity index (χ0) is 32.3. The highest BCUT2D eigenvalue weighted by atomic mass is 16.6. The lowest BCUT2D eigenvalue weighted by atomic mass is 10.2. The van der Waals surface area contributed by atoms with Gasteiger partial charge >= 0.3 is 0 Å². The minimum Gasteiger partial charge on any atom is -0.490 e. The van der Waals surface area contributed by atoms with Crippen LogP contribution < -0.4 is 20.9 Å². The molecule has 3 N–H and O–H groups in total. The molecular weight excluding hydrogens is 602 g/mol. The fraction of sp³-hybridized carbons (Fsp3) is 0.600. The number of hydrazone groups is 2. The van der Waals surface area contributed by atoms with E-state index in [1.807, 2.05) is 25.2 Å². The largest absolute Gasteiger partial charge is 0.490 e. The molecular formula is C30H47N7O9. The summed E-state index contributed by atoms with van der Waals surface area (Å²) in [5, 5.41) is 11.7. The molecule has 256 valence electrons. The molecule has 2 aromatic rings. The molecule has 3 rings (SSSR count). The topological polar surface area (TPSA) is 170 Å². The van der Waals surface area contributed by atoms with Crippen LogP contribution in [0.15, 0.2) is 46.9 Å². The average Bonchev–Trinajstić information content (AvgIpc) is 3.10. The highest BCUT2D eigenvalue weighted by Crippen LogP contribution is 2.13. The molecule has 0 radical (unpaired) electrons. The highest BCUT2D eigenvalue weighted by molar-refractivity contribution is 6.06. The minimum absolute atomic E-state index is 0.389. The molecule has 0 amide bonds. The summed E-state index contributed by atoms with van der Waals surface area (Å²) in [6, 6.07) is 7.36. The molecule has 0 unspecified atom stereocenters. The fourth-order valence-electron chi connectivity index (χ4n) is 3.67. The molecule has 0 saturated heterocycles. The van der Waals surface area contributed by atoms with E-state index in [-0.39, 0.29) is 0 Å². The van der Waals surface area contributed by atoms with Gasteiger partial charge in [0.05, 0.1) is 111 Å². The van der Waals surface area contributed by atoms with E-state index in [0.717, 1.165) is 5.69 Å². The van der Waals surface area contributed by atoms with Crippen LogP contribution in [0.5, 0.6) is 5.75 Å². The number of pyridine rings is 2. The summed E-state index contributed by atoms with van der Waals surface area (Å²) in [4.78, 5) is 8.74. The van der Waals surface area contributed by atoms with Crippen molar-refractivity contribution in [1.29, 1.82) is 0 Å². The van der Waals surface area contributed by atoms with E-state index in [4.69, 9.17) is 42.6 Å². The second-order valence-corrected chi connectivity index (χ2v) is 9.30. The zero-order valence-corrected chi connectivity index (χ0v) is 26.7. The summed E-state index contributed by atoms with van der Waals surface area (Å²) in [6.07, 6.45) is 3.32. The number of hydrogen-bond donors (Lipinski definition) is 3. The first-order valence-corrected chi connectivity index (χ1v) is 15.2. The van der Waals surface area contributed by atoms with Gasteiger partial charge in [-0.1, -0.05) is 0 Å². The molecule has 0 saturated carbocycles. The van der Waals surface area contributed by atoms with E-state index in [1.54, 1.807) is 25.6 Å². The number of methoxy groups -OCH3 is 1. The van der Waals surface area contributed by atoms with Crippen molar-refractivity contribution < 1.29 is 42.6 Å². The number of nitrogens with one attached hydrogen (secondary N) is 3. The van der Waals surface area contributed by atoms with E-state index in [0.29, 0.717) is 135 Å². The Hall–Kier alpha value is -3.48. The Bertz CT molecular complexity index is 1130. The lowest BCUT2D eigenvalue weighted by Crippen LogP contribution is -2.35. The third kappa shape index (κ3) is 15.7. The van der Waals surface area contributed by atoms with E-state index in [9.17, 15) is 0 Å². The fourth-order valence-corrected chi connectivity index (χ4v) is 3.67. The van der Waals surface area contributed by atoms with Gasteiger partial charge in [0.15, 0.2) is 11.7 Å². The van der Waals surface area contributed by atoms with Crippen molar-refractivity contribution in [3.63, 3.8) is 0 Å². The van der Waals surface area contributed by atoms with Crippen molar-refractivity contribution in [2.24, 2.45) is 10.2 Å². The maximum absolute atomic E-state index is 5.70. The number of aromatic nitrogens is 2. The van der Waals surface area contributed by atoms with Crippen LogP contribution in [0.2, 0.25) is 0 Å². The van der Waals surface area contributed by atoms with E-state index < -0.39 is 0 Å². The minimum atomic E-state index is 0.389. The molecule has 0 fully saturated rings. The van der Waals surface area contributed by atoms with Crippen molar-refractivity contribution in [3.8, 4) is 5.75 Å². The van der Waals surface area contributed by atoms with E-state index in [1.165, 1.54) is 0 Å². The Kier molecular flexibility index (Phi) is 19.9. The molecule has 0 aliphatic carbocycles. The highest BCUT2D eigenvalue weighted by Gasteiger charge is 2.16. The van der Waals surface area contributed by atoms with Gasteiger partial charge in [-0.2, -0.15) is 10.2 Å². The lowest BCUT2D eigenvalue weighted by molar-refractivity contribution is -0.0227. The first-order valence-electron chi connectivity index (χ1n) is 15.2. The summed E-state index contributed by atoms with van der Waals surface area (Å²) in [7, 11) is 3.47. The monoisotopic (exact) mass is 649 g/mol. The molecule has 0 aromatic carbocycles. The number of rotatable bonds is 28. The molecule has 46 heavy (non-hydrogen) atoms. The Morgan fingerprint density at radius 3 is 1.54 bits per heavy atom. The quantitative estimate of drug-likeness (QED) is 0.111. The van der Waals surface area contributed by atoms with Gasteiger partial charge in [-0.05, 0) is 24.3 Å². The Labute approximate surface area is 270 Å². The predicted octanol–water partition coefficient (Wildman–Crippen LogP) is 0.876. The maximum Gasteiger partial charge on any atom is 0.194 e. The van der Waals surface area contributed by atoms with Crippen LogP contribution in [-0.4, -0.2) is 142 Å². The van der Waals surface area contributed by atoms with Gasteiger partial charge in [-0.3, -0.25) is 15.8 Å². The molecule has 16 nitrogen and oxygen atoms in total. The molecule has 1 aliphatic rings. The van der Waals surface area contributed by atoms with Crippen LogP contribution in [0.4, 0.5) is 5.69 Å². The first kappa shape index (κ1) is 37.0. The van der Waals surface area contributed by atoms with E-state index in [2.05, 4.69) is 36.3 Å². The standard InChI is InChI=1S/C30H47N7O9/c1-31-26-4-3-7-32-28(26)30-36-34-29(35-37-30)27-6-5-25(24-33-27)46-23-22-45-21-20-44-19-18-43-17-16-42-15-14-41-13-12-40-11-10-39-9-8-38-2/h3-7,24,31H,8-23H2,1-2H3,(H,34,35)(H,36,37). The summed E-state index contributed by atoms with van der Waals surface area (Å²) < 4.78 is 48.8. The van der Waals surface area contributed by atoms with Gasteiger partial charge in [0.25, 0.3) is 0 Å². The molecule has 0 atom stereocenters. The number of amidine groups is 2. The third-order valence-electron chi connectivity index (χ3n) is 5.99. The second kappa shape index (κ2) is 24.7. The molecule has 0 spiro atoms. The average molecular weight is 650 g/mol. The molecule has 0 bridgehead atoms. The zero-order valence-electron chi connectivity index (χ0n) is 26.7. The number of nitrogens with zero attached hydrogens (tertiary/aromatic N) is 4. The van der Waals surface area contributed by atoms with Crippen molar-refractivity contribution in [3.05, 3.63) is 48.0 Å². The van der Waals surface area contributed by atoms with Crippen molar-refractivity contribution >= 4 is 17.4 Å². The Morgan fingerprint density at radius 1 is 0.587 bits per heavy atom. The second-order valence-electron chi connectivity index (χ2n) is 9.30. The molecule has 3 heterocycles. The van der Waals surface area contributed by atoms with Gasteiger partial charge in [-0.15, -0.1) is 0 Å². The van der Waals surface area contributed by atoms with Gasteiger partial charge < -0.3 is 47.9 Å². The van der Waals surface area contributed by atoms with Gasteiger partial charge in [0, 0.05) is 20.4 Å². The van der Waals surface area contributed by atoms with Crippen LogP contribution in [0, 0.1) is 0 Å². The predicted molar refractivity (Wildman–Crippen MR) is 170 cm³/mol. The Morgan fingerprint density at radius 2 is 1.09 bits per heavy atom. The summed E-state index contributed by atoms with van der Waals surface area (Å²) in [6.45, 7) is 8.08. The molecule has 1 aliphatic heterocycles. The molecule has 16 heteroatoms.